The fourth-order valence-corrected chi connectivity index (χ4v) is 1.81. The van der Waals surface area contributed by atoms with Crippen molar-refractivity contribution in [1.82, 2.24) is 14.8 Å². The average Bonchev–Trinajstić information content (AvgIpc) is 2.93. The Hall–Kier alpha value is -0.870. The smallest absolute Gasteiger partial charge is 0.145 e. The second-order valence-electron chi connectivity index (χ2n) is 2.35. The molecule has 0 aliphatic rings. The van der Waals surface area contributed by atoms with E-state index in [0.29, 0.717) is 5.15 Å². The van der Waals surface area contributed by atoms with E-state index in [0.717, 1.165) is 10.7 Å². The largest absolute Gasteiger partial charge is 0.275 e. The van der Waals surface area contributed by atoms with Gasteiger partial charge in [0.15, 0.2) is 0 Å². The minimum atomic E-state index is 0.528. The number of nitrogens with zero attached hydrogens (tertiary/aromatic N) is 3. The predicted molar refractivity (Wildman–Crippen MR) is 72.0 cm³/mol. The Morgan fingerprint density at radius 1 is 1.25 bits per heavy atom. The van der Waals surface area contributed by atoms with Gasteiger partial charge in [0.05, 0.1) is 0 Å². The molecule has 0 unspecified atom stereocenters. The summed E-state index contributed by atoms with van der Waals surface area (Å²) in [5.41, 5.74) is 0.870. The van der Waals surface area contributed by atoms with Crippen molar-refractivity contribution in [2.24, 2.45) is 7.05 Å². The summed E-state index contributed by atoms with van der Waals surface area (Å²) in [5, 5.41) is 7.39. The Kier molecular flexibility index (Phi) is 7.85. The van der Waals surface area contributed by atoms with Gasteiger partial charge in [0, 0.05) is 18.6 Å². The molecule has 0 amide bonds. The molecule has 2 rings (SSSR count). The van der Waals surface area contributed by atoms with E-state index in [-0.39, 0.29) is 0 Å². The van der Waals surface area contributed by atoms with Gasteiger partial charge in [-0.15, -0.1) is 11.3 Å². The van der Waals surface area contributed by atoms with Crippen molar-refractivity contribution in [2.75, 3.05) is 0 Å². The molecule has 0 aliphatic heterocycles. The maximum absolute atomic E-state index is 5.68. The first-order valence-corrected chi connectivity index (χ1v) is 6.62. The fourth-order valence-electron chi connectivity index (χ4n) is 0.901. The summed E-state index contributed by atoms with van der Waals surface area (Å²) in [5.74, 6) is 0. The van der Waals surface area contributed by atoms with Crippen LogP contribution in [0.4, 0.5) is 0 Å². The third kappa shape index (κ3) is 4.33. The van der Waals surface area contributed by atoms with E-state index < -0.39 is 0 Å². The maximum Gasteiger partial charge on any atom is 0.145 e. The van der Waals surface area contributed by atoms with Crippen molar-refractivity contribution in [3.63, 3.8) is 0 Å². The van der Waals surface area contributed by atoms with E-state index in [4.69, 9.17) is 11.6 Å². The number of rotatable bonds is 1. The van der Waals surface area contributed by atoms with Gasteiger partial charge < -0.3 is 0 Å². The molecule has 2 heterocycles. The second-order valence-corrected chi connectivity index (χ2v) is 3.60. The lowest BCUT2D eigenvalue weighted by molar-refractivity contribution is 0.770. The minimum absolute atomic E-state index is 0.528. The van der Waals surface area contributed by atoms with Crippen molar-refractivity contribution >= 4 is 22.9 Å². The van der Waals surface area contributed by atoms with E-state index in [1.54, 1.807) is 10.1 Å². The van der Waals surface area contributed by atoms with Gasteiger partial charge in [-0.1, -0.05) is 39.3 Å². The van der Waals surface area contributed by atoms with Crippen LogP contribution >= 0.6 is 22.9 Å². The zero-order valence-corrected chi connectivity index (χ0v) is 11.9. The zero-order valence-electron chi connectivity index (χ0n) is 10.4. The van der Waals surface area contributed by atoms with Crippen LogP contribution < -0.4 is 0 Å². The summed E-state index contributed by atoms with van der Waals surface area (Å²) < 4.78 is 1.74. The van der Waals surface area contributed by atoms with Crippen molar-refractivity contribution in [3.8, 4) is 10.7 Å². The Balaban J connectivity index is 0.000000509. The highest BCUT2D eigenvalue weighted by Crippen LogP contribution is 2.23. The Labute approximate surface area is 106 Å². The number of hydrogen-bond donors (Lipinski definition) is 0. The van der Waals surface area contributed by atoms with E-state index in [1.807, 2.05) is 47.0 Å². The zero-order chi connectivity index (χ0) is 12.6. The number of aryl methyl sites for hydroxylation is 1. The van der Waals surface area contributed by atoms with Gasteiger partial charge >= 0.3 is 0 Å². The van der Waals surface area contributed by atoms with Gasteiger partial charge in [0.1, 0.15) is 15.9 Å². The number of thiazole rings is 1. The molecule has 2 aromatic rings. The highest BCUT2D eigenvalue weighted by molar-refractivity contribution is 7.13. The fraction of sp³-hybridized carbons (Fsp3) is 0.455. The third-order valence-corrected chi connectivity index (χ3v) is 2.60. The van der Waals surface area contributed by atoms with Crippen LogP contribution in [0.1, 0.15) is 27.7 Å². The number of hydrogen-bond acceptors (Lipinski definition) is 3. The van der Waals surface area contributed by atoms with E-state index >= 15 is 0 Å². The Morgan fingerprint density at radius 3 is 2.25 bits per heavy atom. The molecule has 0 radical (unpaired) electrons. The summed E-state index contributed by atoms with van der Waals surface area (Å²) in [6, 6.07) is 1.91. The van der Waals surface area contributed by atoms with Gasteiger partial charge in [-0.05, 0) is 6.07 Å². The summed E-state index contributed by atoms with van der Waals surface area (Å²) >= 11 is 7.18. The predicted octanol–water partition coefficient (Wildman–Crippen LogP) is 4.25. The molecule has 0 saturated carbocycles. The summed E-state index contributed by atoms with van der Waals surface area (Å²) in [6.07, 6.45) is 1.88. The molecule has 0 aromatic carbocycles. The topological polar surface area (TPSA) is 30.7 Å². The average molecular weight is 260 g/mol. The van der Waals surface area contributed by atoms with Crippen molar-refractivity contribution in [2.45, 2.75) is 27.7 Å². The standard InChI is InChI=1S/C7H6ClN3S.2C2H6/c1-11-3-2-5(10-11)7-9-6(8)4-12-7;2*1-2/h2-4H,1H3;2*1-2H3. The van der Waals surface area contributed by atoms with Crippen molar-refractivity contribution in [3.05, 3.63) is 22.8 Å². The molecule has 0 spiro atoms. The highest BCUT2D eigenvalue weighted by Gasteiger charge is 2.04. The van der Waals surface area contributed by atoms with Crippen LogP contribution in [0.3, 0.4) is 0 Å². The molecule has 0 fully saturated rings. The lowest BCUT2D eigenvalue weighted by atomic mass is 10.5. The van der Waals surface area contributed by atoms with Crippen molar-refractivity contribution in [1.29, 1.82) is 0 Å². The molecule has 3 nitrogen and oxygen atoms in total. The second kappa shape index (κ2) is 8.30. The lowest BCUT2D eigenvalue weighted by Gasteiger charge is -1.86. The van der Waals surface area contributed by atoms with Gasteiger partial charge in [-0.25, -0.2) is 4.98 Å². The first kappa shape index (κ1) is 15.1. The molecule has 16 heavy (non-hydrogen) atoms. The van der Waals surface area contributed by atoms with Gasteiger partial charge in [0.25, 0.3) is 0 Å². The summed E-state index contributed by atoms with van der Waals surface area (Å²) in [7, 11) is 1.87. The van der Waals surface area contributed by atoms with E-state index in [2.05, 4.69) is 10.1 Å². The van der Waals surface area contributed by atoms with E-state index in [9.17, 15) is 0 Å². The van der Waals surface area contributed by atoms with Crippen LogP contribution in [0.2, 0.25) is 5.15 Å². The molecule has 0 bridgehead atoms. The Bertz CT molecular complexity index is 357. The number of aromatic nitrogens is 3. The molecule has 0 saturated heterocycles. The minimum Gasteiger partial charge on any atom is -0.275 e. The first-order chi connectivity index (χ1) is 7.75. The van der Waals surface area contributed by atoms with Gasteiger partial charge in [-0.3, -0.25) is 4.68 Å². The Morgan fingerprint density at radius 2 is 1.88 bits per heavy atom. The van der Waals surface area contributed by atoms with Gasteiger partial charge in [0.2, 0.25) is 0 Å². The molecule has 5 heteroatoms. The van der Waals surface area contributed by atoms with Crippen LogP contribution in [-0.4, -0.2) is 14.8 Å². The normalized spacial score (nSPS) is 8.62. The van der Waals surface area contributed by atoms with Crippen LogP contribution in [0.25, 0.3) is 10.7 Å². The highest BCUT2D eigenvalue weighted by atomic mass is 35.5. The van der Waals surface area contributed by atoms with Crippen LogP contribution in [0.15, 0.2) is 17.6 Å². The summed E-state index contributed by atoms with van der Waals surface area (Å²) in [4.78, 5) is 4.10. The van der Waals surface area contributed by atoms with Crippen LogP contribution in [0, 0.1) is 0 Å². The molecule has 0 atom stereocenters. The number of halogens is 1. The molecule has 90 valence electrons. The van der Waals surface area contributed by atoms with Crippen molar-refractivity contribution < 1.29 is 0 Å². The summed E-state index contributed by atoms with van der Waals surface area (Å²) in [6.45, 7) is 8.00. The molecule has 2 aromatic heterocycles. The lowest BCUT2D eigenvalue weighted by Crippen LogP contribution is -1.87. The molecule has 0 N–H and O–H groups in total. The molecular formula is C11H18ClN3S. The first-order valence-electron chi connectivity index (χ1n) is 5.37. The molecular weight excluding hydrogens is 242 g/mol. The maximum atomic E-state index is 5.68. The molecule has 0 aliphatic carbocycles. The third-order valence-electron chi connectivity index (χ3n) is 1.41. The van der Waals surface area contributed by atoms with Gasteiger partial charge in [-0.2, -0.15) is 5.10 Å². The monoisotopic (exact) mass is 259 g/mol. The van der Waals surface area contributed by atoms with Crippen LogP contribution in [-0.2, 0) is 7.05 Å². The van der Waals surface area contributed by atoms with Crippen LogP contribution in [0.5, 0.6) is 0 Å². The SMILES string of the molecule is CC.CC.Cn1ccc(-c2nc(Cl)cs2)n1. The quantitative estimate of drug-likeness (QED) is 0.767. The van der Waals surface area contributed by atoms with E-state index in [1.165, 1.54) is 11.3 Å².